The van der Waals surface area contributed by atoms with Crippen LogP contribution in [0.5, 0.6) is 0 Å². The number of amides is 1. The highest BCUT2D eigenvalue weighted by Crippen LogP contribution is 2.33. The summed E-state index contributed by atoms with van der Waals surface area (Å²) in [6.45, 7) is 0.381. The lowest BCUT2D eigenvalue weighted by atomic mass is 9.81. The number of carbonyl (C=O) groups excluding carboxylic acids is 1. The first-order chi connectivity index (χ1) is 15.5. The van der Waals surface area contributed by atoms with E-state index in [0.29, 0.717) is 35.4 Å². The molecule has 1 aromatic heterocycles. The Bertz CT molecular complexity index is 1210. The van der Waals surface area contributed by atoms with Crippen molar-refractivity contribution in [3.63, 3.8) is 0 Å². The van der Waals surface area contributed by atoms with Crippen molar-refractivity contribution in [1.82, 2.24) is 14.5 Å². The molecule has 1 heterocycles. The van der Waals surface area contributed by atoms with Gasteiger partial charge in [-0.05, 0) is 30.5 Å². The second kappa shape index (κ2) is 9.58. The van der Waals surface area contributed by atoms with E-state index in [1.54, 1.807) is 22.6 Å². The quantitative estimate of drug-likeness (QED) is 0.418. The number of benzene rings is 2. The molecule has 0 bridgehead atoms. The van der Waals surface area contributed by atoms with Gasteiger partial charge in [-0.2, -0.15) is 5.26 Å². The first kappa shape index (κ1) is 22.1. The second-order valence-corrected chi connectivity index (χ2v) is 9.18. The Morgan fingerprint density at radius 1 is 1.12 bits per heavy atom. The topological polar surface area (TPSA) is 79.0 Å². The summed E-state index contributed by atoms with van der Waals surface area (Å²) in [7, 11) is 1.72. The first-order valence-electron chi connectivity index (χ1n) is 10.9. The maximum atomic E-state index is 13.2. The zero-order chi connectivity index (χ0) is 22.6. The van der Waals surface area contributed by atoms with Gasteiger partial charge in [0.25, 0.3) is 5.56 Å². The molecule has 2 aromatic carbocycles. The van der Waals surface area contributed by atoms with E-state index >= 15 is 0 Å². The van der Waals surface area contributed by atoms with E-state index in [-0.39, 0.29) is 17.2 Å². The van der Waals surface area contributed by atoms with Crippen molar-refractivity contribution in [2.45, 2.75) is 49.3 Å². The highest BCUT2D eigenvalue weighted by Gasteiger charge is 2.38. The molecule has 7 heteroatoms. The van der Waals surface area contributed by atoms with Gasteiger partial charge in [-0.1, -0.05) is 73.5 Å². The van der Waals surface area contributed by atoms with Gasteiger partial charge in [-0.25, -0.2) is 4.98 Å². The van der Waals surface area contributed by atoms with Crippen LogP contribution < -0.4 is 5.56 Å². The average Bonchev–Trinajstić information content (AvgIpc) is 2.85. The Morgan fingerprint density at radius 2 is 1.81 bits per heavy atom. The minimum absolute atomic E-state index is 0.118. The number of hydrogen-bond acceptors (Lipinski definition) is 5. The molecule has 0 N–H and O–H groups in total. The minimum atomic E-state index is -0.726. The van der Waals surface area contributed by atoms with Crippen LogP contribution in [0, 0.1) is 11.3 Å². The van der Waals surface area contributed by atoms with E-state index in [1.807, 2.05) is 48.5 Å². The lowest BCUT2D eigenvalue weighted by molar-refractivity contribution is -0.131. The van der Waals surface area contributed by atoms with Crippen LogP contribution in [0.1, 0.15) is 37.7 Å². The van der Waals surface area contributed by atoms with Gasteiger partial charge in [0.2, 0.25) is 5.91 Å². The van der Waals surface area contributed by atoms with Crippen LogP contribution in [0.25, 0.3) is 10.9 Å². The summed E-state index contributed by atoms with van der Waals surface area (Å²) in [5.41, 5.74) is 0.758. The van der Waals surface area contributed by atoms with Crippen molar-refractivity contribution in [3.8, 4) is 6.07 Å². The number of nitriles is 1. The molecule has 32 heavy (non-hydrogen) atoms. The van der Waals surface area contributed by atoms with E-state index in [0.717, 1.165) is 24.8 Å². The summed E-state index contributed by atoms with van der Waals surface area (Å²) >= 11 is 1.26. The van der Waals surface area contributed by atoms with Crippen LogP contribution in [-0.2, 0) is 11.3 Å². The van der Waals surface area contributed by atoms with E-state index in [9.17, 15) is 14.9 Å². The molecule has 0 atom stereocenters. The molecular formula is C25H26N4O2S. The number of aromatic nitrogens is 2. The molecule has 164 valence electrons. The summed E-state index contributed by atoms with van der Waals surface area (Å²) in [5, 5.41) is 10.9. The number of thioether (sulfide) groups is 1. The number of nitrogens with zero attached hydrogens (tertiary/aromatic N) is 4. The predicted octanol–water partition coefficient (Wildman–Crippen LogP) is 4.22. The van der Waals surface area contributed by atoms with Gasteiger partial charge in [0, 0.05) is 7.05 Å². The van der Waals surface area contributed by atoms with Crippen LogP contribution >= 0.6 is 11.8 Å². The monoisotopic (exact) mass is 446 g/mol. The maximum absolute atomic E-state index is 13.2. The standard InChI is InChI=1S/C25H26N4O2S/c1-28(25(18-26)14-8-3-9-15-25)22(30)17-32-24-27-21-13-7-6-12-20(21)23(31)29(24)16-19-10-4-2-5-11-19/h2,4-7,10-13H,3,8-9,14-17H2,1H3. The molecule has 1 aliphatic carbocycles. The highest BCUT2D eigenvalue weighted by atomic mass is 32.2. The van der Waals surface area contributed by atoms with Crippen molar-refractivity contribution in [3.05, 3.63) is 70.5 Å². The number of hydrogen-bond donors (Lipinski definition) is 0. The van der Waals surface area contributed by atoms with E-state index < -0.39 is 5.54 Å². The van der Waals surface area contributed by atoms with Crippen molar-refractivity contribution in [2.75, 3.05) is 12.8 Å². The Labute approximate surface area is 191 Å². The predicted molar refractivity (Wildman–Crippen MR) is 126 cm³/mol. The molecule has 1 fully saturated rings. The molecule has 1 amide bonds. The van der Waals surface area contributed by atoms with Crippen LogP contribution in [-0.4, -0.2) is 38.7 Å². The summed E-state index contributed by atoms with van der Waals surface area (Å²) < 4.78 is 1.64. The Balaban J connectivity index is 1.62. The lowest BCUT2D eigenvalue weighted by Crippen LogP contribution is -2.50. The molecule has 1 saturated carbocycles. The zero-order valence-corrected chi connectivity index (χ0v) is 19.0. The molecular weight excluding hydrogens is 420 g/mol. The van der Waals surface area contributed by atoms with Crippen LogP contribution in [0.4, 0.5) is 0 Å². The lowest BCUT2D eigenvalue weighted by Gasteiger charge is -2.39. The van der Waals surface area contributed by atoms with Gasteiger partial charge in [-0.15, -0.1) is 0 Å². The van der Waals surface area contributed by atoms with Crippen molar-refractivity contribution in [1.29, 1.82) is 5.26 Å². The summed E-state index contributed by atoms with van der Waals surface area (Å²) in [4.78, 5) is 32.6. The smallest absolute Gasteiger partial charge is 0.262 e. The molecule has 0 aliphatic heterocycles. The SMILES string of the molecule is CN(C(=O)CSc1nc2ccccc2c(=O)n1Cc1ccccc1)C1(C#N)CCCCC1. The number of rotatable bonds is 6. The number of carbonyl (C=O) groups is 1. The molecule has 0 radical (unpaired) electrons. The van der Waals surface area contributed by atoms with E-state index in [4.69, 9.17) is 4.98 Å². The van der Waals surface area contributed by atoms with Gasteiger partial charge < -0.3 is 4.90 Å². The van der Waals surface area contributed by atoms with Crippen LogP contribution in [0.3, 0.4) is 0 Å². The van der Waals surface area contributed by atoms with E-state index in [1.165, 1.54) is 11.8 Å². The third-order valence-corrected chi connectivity index (χ3v) is 7.20. The Hall–Kier alpha value is -3.11. The third-order valence-electron chi connectivity index (χ3n) is 6.24. The van der Waals surface area contributed by atoms with E-state index in [2.05, 4.69) is 6.07 Å². The third kappa shape index (κ3) is 4.42. The largest absolute Gasteiger partial charge is 0.326 e. The maximum Gasteiger partial charge on any atom is 0.262 e. The average molecular weight is 447 g/mol. The van der Waals surface area contributed by atoms with Gasteiger partial charge in [0.1, 0.15) is 5.54 Å². The molecule has 1 aliphatic rings. The van der Waals surface area contributed by atoms with Gasteiger partial charge in [-0.3, -0.25) is 14.2 Å². The van der Waals surface area contributed by atoms with Gasteiger partial charge >= 0.3 is 0 Å². The van der Waals surface area contributed by atoms with Crippen molar-refractivity contribution >= 4 is 28.6 Å². The molecule has 0 spiro atoms. The van der Waals surface area contributed by atoms with Crippen molar-refractivity contribution in [2.24, 2.45) is 0 Å². The van der Waals surface area contributed by atoms with Crippen LogP contribution in [0.2, 0.25) is 0 Å². The van der Waals surface area contributed by atoms with Crippen molar-refractivity contribution < 1.29 is 4.79 Å². The molecule has 3 aromatic rings. The molecule has 0 saturated heterocycles. The fraction of sp³-hybridized carbons (Fsp3) is 0.360. The highest BCUT2D eigenvalue weighted by molar-refractivity contribution is 7.99. The number of para-hydroxylation sites is 1. The first-order valence-corrected chi connectivity index (χ1v) is 11.9. The summed E-state index contributed by atoms with van der Waals surface area (Å²) in [6, 6.07) is 19.4. The Kier molecular flexibility index (Phi) is 6.61. The molecule has 6 nitrogen and oxygen atoms in total. The minimum Gasteiger partial charge on any atom is -0.326 e. The summed E-state index contributed by atoms with van der Waals surface area (Å²) in [5.74, 6) is 0.00610. The van der Waals surface area contributed by atoms with Gasteiger partial charge in [0.15, 0.2) is 5.16 Å². The molecule has 4 rings (SSSR count). The van der Waals surface area contributed by atoms with Crippen LogP contribution in [0.15, 0.2) is 64.5 Å². The summed E-state index contributed by atoms with van der Waals surface area (Å²) in [6.07, 6.45) is 4.45. The Morgan fingerprint density at radius 3 is 2.53 bits per heavy atom. The van der Waals surface area contributed by atoms with Gasteiger partial charge in [0.05, 0.1) is 29.3 Å². The number of fused-ring (bicyclic) bond motifs is 1. The zero-order valence-electron chi connectivity index (χ0n) is 18.2. The fourth-order valence-electron chi connectivity index (χ4n) is 4.28. The molecule has 0 unspecified atom stereocenters. The fourth-order valence-corrected chi connectivity index (χ4v) is 5.20. The normalized spacial score (nSPS) is 15.2. The second-order valence-electron chi connectivity index (χ2n) is 8.23.